The van der Waals surface area contributed by atoms with E-state index in [1.54, 1.807) is 0 Å². The molecular weight excluding hydrogens is 256 g/mol. The molecule has 0 aliphatic rings. The molecule has 0 saturated heterocycles. The number of hydrogen-bond donors (Lipinski definition) is 2. The Labute approximate surface area is 122 Å². The predicted octanol–water partition coefficient (Wildman–Crippen LogP) is 4.90. The van der Waals surface area contributed by atoms with Crippen molar-refractivity contribution < 1.29 is 0 Å². The molecule has 108 valence electrons. The van der Waals surface area contributed by atoms with Crippen molar-refractivity contribution in [2.24, 2.45) is 5.84 Å². The maximum Gasteiger partial charge on any atom is 0.0460 e. The molecule has 0 bridgehead atoms. The van der Waals surface area contributed by atoms with Crippen molar-refractivity contribution >= 4 is 11.6 Å². The Kier molecular flexibility index (Phi) is 8.11. The fourth-order valence-corrected chi connectivity index (χ4v) is 2.48. The van der Waals surface area contributed by atoms with E-state index < -0.39 is 0 Å². The van der Waals surface area contributed by atoms with Crippen molar-refractivity contribution in [1.29, 1.82) is 0 Å². The number of halogens is 1. The molecule has 1 aromatic rings. The fraction of sp³-hybridized carbons (Fsp3) is 0.625. The molecule has 0 aliphatic heterocycles. The first-order valence-corrected chi connectivity index (χ1v) is 7.79. The van der Waals surface area contributed by atoms with Crippen LogP contribution in [0.2, 0.25) is 5.02 Å². The van der Waals surface area contributed by atoms with Gasteiger partial charge in [0.2, 0.25) is 0 Å². The molecule has 1 rings (SSSR count). The zero-order chi connectivity index (χ0) is 14.1. The Morgan fingerprint density at radius 3 is 2.47 bits per heavy atom. The molecule has 3 heteroatoms. The normalized spacial score (nSPS) is 12.6. The summed E-state index contributed by atoms with van der Waals surface area (Å²) in [4.78, 5) is 0. The molecule has 3 N–H and O–H groups in total. The van der Waals surface area contributed by atoms with E-state index in [-0.39, 0.29) is 6.04 Å². The zero-order valence-corrected chi connectivity index (χ0v) is 13.0. The average molecular weight is 283 g/mol. The summed E-state index contributed by atoms with van der Waals surface area (Å²) in [6.07, 6.45) is 8.96. The third-order valence-electron chi connectivity index (χ3n) is 3.63. The Morgan fingerprint density at radius 2 is 1.84 bits per heavy atom. The van der Waals surface area contributed by atoms with Gasteiger partial charge in [-0.05, 0) is 30.5 Å². The molecule has 1 atom stereocenters. The van der Waals surface area contributed by atoms with E-state index >= 15 is 0 Å². The number of aryl methyl sites for hydroxylation is 1. The Balaban J connectivity index is 2.38. The third kappa shape index (κ3) is 5.94. The second-order valence-corrected chi connectivity index (χ2v) is 5.69. The van der Waals surface area contributed by atoms with Gasteiger partial charge in [-0.2, -0.15) is 0 Å². The lowest BCUT2D eigenvalue weighted by molar-refractivity contribution is 0.477. The van der Waals surface area contributed by atoms with Crippen LogP contribution in [0.4, 0.5) is 0 Å². The Bertz CT molecular complexity index is 366. The first-order chi connectivity index (χ1) is 9.19. The maximum atomic E-state index is 6.05. The predicted molar refractivity (Wildman–Crippen MR) is 84.2 cm³/mol. The first kappa shape index (κ1) is 16.5. The summed E-state index contributed by atoms with van der Waals surface area (Å²) in [7, 11) is 0. The molecule has 0 aliphatic carbocycles. The average Bonchev–Trinajstić information content (AvgIpc) is 2.41. The van der Waals surface area contributed by atoms with Gasteiger partial charge in [0.1, 0.15) is 0 Å². The van der Waals surface area contributed by atoms with E-state index in [0.29, 0.717) is 0 Å². The van der Waals surface area contributed by atoms with Crippen LogP contribution in [0.3, 0.4) is 0 Å². The van der Waals surface area contributed by atoms with Crippen LogP contribution in [0.15, 0.2) is 18.2 Å². The lowest BCUT2D eigenvalue weighted by Gasteiger charge is -2.17. The molecule has 0 amide bonds. The molecule has 1 aromatic carbocycles. The van der Waals surface area contributed by atoms with E-state index in [9.17, 15) is 0 Å². The van der Waals surface area contributed by atoms with Crippen molar-refractivity contribution in [1.82, 2.24) is 5.43 Å². The SMILES string of the molecule is CCCCCCCCC(NN)c1ccc(Cl)c(C)c1. The van der Waals surface area contributed by atoms with E-state index in [2.05, 4.69) is 24.5 Å². The molecule has 0 heterocycles. The summed E-state index contributed by atoms with van der Waals surface area (Å²) in [6.45, 7) is 4.28. The maximum absolute atomic E-state index is 6.05. The number of nitrogens with one attached hydrogen (secondary N) is 1. The summed E-state index contributed by atoms with van der Waals surface area (Å²) < 4.78 is 0. The van der Waals surface area contributed by atoms with E-state index in [1.807, 2.05) is 13.0 Å². The highest BCUT2D eigenvalue weighted by atomic mass is 35.5. The molecule has 0 spiro atoms. The monoisotopic (exact) mass is 282 g/mol. The molecule has 2 nitrogen and oxygen atoms in total. The van der Waals surface area contributed by atoms with Crippen molar-refractivity contribution in [3.8, 4) is 0 Å². The van der Waals surface area contributed by atoms with Gasteiger partial charge in [-0.25, -0.2) is 0 Å². The van der Waals surface area contributed by atoms with Crippen LogP contribution in [0, 0.1) is 6.92 Å². The highest BCUT2D eigenvalue weighted by Gasteiger charge is 2.10. The van der Waals surface area contributed by atoms with Crippen LogP contribution in [0.1, 0.15) is 69.0 Å². The summed E-state index contributed by atoms with van der Waals surface area (Å²) >= 11 is 6.05. The lowest BCUT2D eigenvalue weighted by Crippen LogP contribution is -2.28. The van der Waals surface area contributed by atoms with Crippen LogP contribution in [0.25, 0.3) is 0 Å². The van der Waals surface area contributed by atoms with Gasteiger partial charge < -0.3 is 0 Å². The van der Waals surface area contributed by atoms with Crippen LogP contribution >= 0.6 is 11.6 Å². The number of hydrogen-bond acceptors (Lipinski definition) is 2. The van der Waals surface area contributed by atoms with E-state index in [4.69, 9.17) is 17.4 Å². The fourth-order valence-electron chi connectivity index (χ4n) is 2.36. The molecule has 0 fully saturated rings. The van der Waals surface area contributed by atoms with Crippen molar-refractivity contribution in [2.45, 2.75) is 64.8 Å². The third-order valence-corrected chi connectivity index (χ3v) is 4.06. The number of unbranched alkanes of at least 4 members (excludes halogenated alkanes) is 5. The minimum Gasteiger partial charge on any atom is -0.271 e. The van der Waals surface area contributed by atoms with Gasteiger partial charge >= 0.3 is 0 Å². The Hall–Kier alpha value is -0.570. The second-order valence-electron chi connectivity index (χ2n) is 5.28. The summed E-state index contributed by atoms with van der Waals surface area (Å²) in [5.74, 6) is 5.67. The first-order valence-electron chi connectivity index (χ1n) is 7.41. The summed E-state index contributed by atoms with van der Waals surface area (Å²) in [5, 5.41) is 0.819. The number of benzene rings is 1. The van der Waals surface area contributed by atoms with Crippen LogP contribution < -0.4 is 11.3 Å². The van der Waals surface area contributed by atoms with E-state index in [0.717, 1.165) is 17.0 Å². The van der Waals surface area contributed by atoms with Crippen molar-refractivity contribution in [3.05, 3.63) is 34.3 Å². The lowest BCUT2D eigenvalue weighted by atomic mass is 9.99. The van der Waals surface area contributed by atoms with Gasteiger partial charge in [0.05, 0.1) is 0 Å². The van der Waals surface area contributed by atoms with Gasteiger partial charge in [-0.15, -0.1) is 0 Å². The smallest absolute Gasteiger partial charge is 0.0460 e. The van der Waals surface area contributed by atoms with Crippen LogP contribution in [0.5, 0.6) is 0 Å². The highest BCUT2D eigenvalue weighted by molar-refractivity contribution is 6.31. The van der Waals surface area contributed by atoms with Crippen molar-refractivity contribution in [3.63, 3.8) is 0 Å². The van der Waals surface area contributed by atoms with Gasteiger partial charge in [-0.1, -0.05) is 69.2 Å². The largest absolute Gasteiger partial charge is 0.271 e. The topological polar surface area (TPSA) is 38.0 Å². The van der Waals surface area contributed by atoms with E-state index in [1.165, 1.54) is 44.1 Å². The second kappa shape index (κ2) is 9.35. The van der Waals surface area contributed by atoms with Crippen LogP contribution in [-0.4, -0.2) is 0 Å². The highest BCUT2D eigenvalue weighted by Crippen LogP contribution is 2.24. The standard InChI is InChI=1S/C16H27ClN2/c1-3-4-5-6-7-8-9-16(19-18)14-10-11-15(17)13(2)12-14/h10-12,16,19H,3-9,18H2,1-2H3. The van der Waals surface area contributed by atoms with Gasteiger partial charge in [0.25, 0.3) is 0 Å². The van der Waals surface area contributed by atoms with Gasteiger partial charge in [0, 0.05) is 11.1 Å². The van der Waals surface area contributed by atoms with Gasteiger partial charge in [0.15, 0.2) is 0 Å². The molecule has 1 unspecified atom stereocenters. The minimum absolute atomic E-state index is 0.238. The number of hydrazine groups is 1. The Morgan fingerprint density at radius 1 is 1.16 bits per heavy atom. The molecule has 19 heavy (non-hydrogen) atoms. The van der Waals surface area contributed by atoms with Crippen LogP contribution in [-0.2, 0) is 0 Å². The van der Waals surface area contributed by atoms with Gasteiger partial charge in [-0.3, -0.25) is 11.3 Å². The minimum atomic E-state index is 0.238. The number of rotatable bonds is 9. The number of nitrogens with two attached hydrogens (primary N) is 1. The zero-order valence-electron chi connectivity index (χ0n) is 12.2. The van der Waals surface area contributed by atoms with Crippen molar-refractivity contribution in [2.75, 3.05) is 0 Å². The molecule has 0 saturated carbocycles. The summed E-state index contributed by atoms with van der Waals surface area (Å²) in [5.41, 5.74) is 5.27. The molecule has 0 aromatic heterocycles. The quantitative estimate of drug-likeness (QED) is 0.384. The molecular formula is C16H27ClN2. The molecule has 0 radical (unpaired) electrons. The summed E-state index contributed by atoms with van der Waals surface area (Å²) in [6, 6.07) is 6.39.